The molecular weight excluding hydrogens is 274 g/mol. The molecule has 2 rings (SSSR count). The van der Waals surface area contributed by atoms with Gasteiger partial charge in [-0.2, -0.15) is 0 Å². The highest BCUT2D eigenvalue weighted by Gasteiger charge is 2.21. The highest BCUT2D eigenvalue weighted by Crippen LogP contribution is 2.27. The Balaban J connectivity index is 2.01. The van der Waals surface area contributed by atoms with E-state index in [4.69, 9.17) is 5.73 Å². The summed E-state index contributed by atoms with van der Waals surface area (Å²) in [5.41, 5.74) is 5.88. The first-order valence-corrected chi connectivity index (χ1v) is 7.92. The molecule has 112 valence electrons. The van der Waals surface area contributed by atoms with Crippen LogP contribution in [0.1, 0.15) is 35.9 Å². The van der Waals surface area contributed by atoms with Crippen LogP contribution in [-0.4, -0.2) is 43.6 Å². The van der Waals surface area contributed by atoms with E-state index in [1.807, 2.05) is 11.9 Å². The van der Waals surface area contributed by atoms with Gasteiger partial charge in [0.25, 0.3) is 5.91 Å². The Kier molecular flexibility index (Phi) is 5.19. The van der Waals surface area contributed by atoms with Gasteiger partial charge in [-0.05, 0) is 32.4 Å². The molecule has 4 N–H and O–H groups in total. The largest absolute Gasteiger partial charge is 0.382 e. The number of hydrogen-bond acceptors (Lipinski definition) is 6. The minimum Gasteiger partial charge on any atom is -0.382 e. The molecule has 1 aliphatic rings. The van der Waals surface area contributed by atoms with Gasteiger partial charge in [-0.15, -0.1) is 0 Å². The summed E-state index contributed by atoms with van der Waals surface area (Å²) in [4.78, 5) is 19.1. The highest BCUT2D eigenvalue weighted by molar-refractivity contribution is 7.18. The molecular formula is C13H23N5OS. The molecule has 0 saturated carbocycles. The van der Waals surface area contributed by atoms with Gasteiger partial charge in [0, 0.05) is 19.6 Å². The van der Waals surface area contributed by atoms with Gasteiger partial charge < -0.3 is 21.3 Å². The molecule has 1 aromatic heterocycles. The number of anilines is 2. The SMILES string of the molecule is CCCN(C)c1nc(N)c(C(=O)NC2CCNCC2)s1. The molecule has 7 heteroatoms. The fourth-order valence-corrected chi connectivity index (χ4v) is 3.17. The van der Waals surface area contributed by atoms with Crippen LogP contribution in [0.2, 0.25) is 0 Å². The number of nitrogens with zero attached hydrogens (tertiary/aromatic N) is 2. The first-order valence-electron chi connectivity index (χ1n) is 7.10. The van der Waals surface area contributed by atoms with Crippen LogP contribution in [0.4, 0.5) is 10.9 Å². The lowest BCUT2D eigenvalue weighted by molar-refractivity contribution is 0.0934. The van der Waals surface area contributed by atoms with E-state index in [-0.39, 0.29) is 11.9 Å². The van der Waals surface area contributed by atoms with Crippen molar-refractivity contribution in [1.82, 2.24) is 15.6 Å². The maximum Gasteiger partial charge on any atom is 0.265 e. The molecule has 0 bridgehead atoms. The van der Waals surface area contributed by atoms with E-state index in [0.717, 1.165) is 44.0 Å². The number of hydrogen-bond donors (Lipinski definition) is 3. The summed E-state index contributed by atoms with van der Waals surface area (Å²) in [6.07, 6.45) is 2.96. The minimum atomic E-state index is -0.0944. The van der Waals surface area contributed by atoms with Gasteiger partial charge in [0.15, 0.2) is 5.13 Å². The zero-order chi connectivity index (χ0) is 14.5. The van der Waals surface area contributed by atoms with Gasteiger partial charge in [0.05, 0.1) is 0 Å². The second-order valence-corrected chi connectivity index (χ2v) is 6.11. The lowest BCUT2D eigenvalue weighted by Gasteiger charge is -2.23. The lowest BCUT2D eigenvalue weighted by atomic mass is 10.1. The van der Waals surface area contributed by atoms with Crippen LogP contribution in [0.25, 0.3) is 0 Å². The van der Waals surface area contributed by atoms with Crippen molar-refractivity contribution in [3.8, 4) is 0 Å². The average Bonchev–Trinajstić information content (AvgIpc) is 2.82. The van der Waals surface area contributed by atoms with Crippen molar-refractivity contribution in [3.63, 3.8) is 0 Å². The number of thiazole rings is 1. The van der Waals surface area contributed by atoms with Crippen LogP contribution in [-0.2, 0) is 0 Å². The van der Waals surface area contributed by atoms with E-state index in [1.54, 1.807) is 0 Å². The first kappa shape index (κ1) is 15.1. The maximum absolute atomic E-state index is 12.3. The molecule has 0 aliphatic carbocycles. The van der Waals surface area contributed by atoms with E-state index >= 15 is 0 Å². The number of nitrogens with two attached hydrogens (primary N) is 1. The molecule has 1 aromatic rings. The monoisotopic (exact) mass is 297 g/mol. The standard InChI is InChI=1S/C13H23N5OS/c1-3-8-18(2)13-17-11(14)10(20-13)12(19)16-9-4-6-15-7-5-9/h9,15H,3-8,14H2,1-2H3,(H,16,19). The highest BCUT2D eigenvalue weighted by atomic mass is 32.1. The Labute approximate surface area is 123 Å². The first-order chi connectivity index (χ1) is 9.61. The predicted octanol–water partition coefficient (Wildman–Crippen LogP) is 1.05. The molecule has 0 atom stereocenters. The van der Waals surface area contributed by atoms with Crippen molar-refractivity contribution in [1.29, 1.82) is 0 Å². The lowest BCUT2D eigenvalue weighted by Crippen LogP contribution is -2.42. The molecule has 1 amide bonds. The Morgan fingerprint density at radius 1 is 1.55 bits per heavy atom. The average molecular weight is 297 g/mol. The van der Waals surface area contributed by atoms with Crippen molar-refractivity contribution in [2.45, 2.75) is 32.2 Å². The Morgan fingerprint density at radius 2 is 2.25 bits per heavy atom. The Hall–Kier alpha value is -1.34. The third-order valence-electron chi connectivity index (χ3n) is 3.41. The number of rotatable bonds is 5. The van der Waals surface area contributed by atoms with E-state index < -0.39 is 0 Å². The molecule has 2 heterocycles. The number of nitrogens with one attached hydrogen (secondary N) is 2. The van der Waals surface area contributed by atoms with E-state index in [2.05, 4.69) is 22.5 Å². The summed E-state index contributed by atoms with van der Waals surface area (Å²) < 4.78 is 0. The van der Waals surface area contributed by atoms with Crippen molar-refractivity contribution in [2.75, 3.05) is 37.3 Å². The predicted molar refractivity (Wildman–Crippen MR) is 83.4 cm³/mol. The number of amides is 1. The number of piperidine rings is 1. The van der Waals surface area contributed by atoms with Crippen LogP contribution in [0.3, 0.4) is 0 Å². The quantitative estimate of drug-likeness (QED) is 0.757. The topological polar surface area (TPSA) is 83.3 Å². The molecule has 0 unspecified atom stereocenters. The normalized spacial score (nSPS) is 16.1. The fourth-order valence-electron chi connectivity index (χ4n) is 2.29. The summed E-state index contributed by atoms with van der Waals surface area (Å²) in [5, 5.41) is 7.14. The molecule has 0 aromatic carbocycles. The van der Waals surface area contributed by atoms with Crippen LogP contribution in [0.15, 0.2) is 0 Å². The summed E-state index contributed by atoms with van der Waals surface area (Å²) in [7, 11) is 1.97. The third-order valence-corrected chi connectivity index (χ3v) is 4.59. The van der Waals surface area contributed by atoms with Crippen LogP contribution in [0.5, 0.6) is 0 Å². The number of carbonyl (C=O) groups is 1. The molecule has 1 fully saturated rings. The maximum atomic E-state index is 12.3. The van der Waals surface area contributed by atoms with Gasteiger partial charge in [0.2, 0.25) is 0 Å². The smallest absolute Gasteiger partial charge is 0.265 e. The van der Waals surface area contributed by atoms with E-state index in [1.165, 1.54) is 11.3 Å². The molecule has 20 heavy (non-hydrogen) atoms. The van der Waals surface area contributed by atoms with Gasteiger partial charge in [0.1, 0.15) is 10.7 Å². The van der Waals surface area contributed by atoms with E-state index in [9.17, 15) is 4.79 Å². The second-order valence-electron chi connectivity index (χ2n) is 5.13. The summed E-state index contributed by atoms with van der Waals surface area (Å²) in [6.45, 7) is 4.92. The second kappa shape index (κ2) is 6.90. The molecule has 0 spiro atoms. The van der Waals surface area contributed by atoms with Gasteiger partial charge in [-0.1, -0.05) is 18.3 Å². The van der Waals surface area contributed by atoms with Gasteiger partial charge in [-0.25, -0.2) is 4.98 Å². The van der Waals surface area contributed by atoms with Crippen molar-refractivity contribution in [2.24, 2.45) is 0 Å². The van der Waals surface area contributed by atoms with Crippen LogP contribution in [0, 0.1) is 0 Å². The number of carbonyl (C=O) groups excluding carboxylic acids is 1. The zero-order valence-corrected chi connectivity index (χ0v) is 12.9. The van der Waals surface area contributed by atoms with Crippen molar-refractivity contribution >= 4 is 28.2 Å². The number of aromatic nitrogens is 1. The summed E-state index contributed by atoms with van der Waals surface area (Å²) in [6, 6.07) is 0.238. The third kappa shape index (κ3) is 3.61. The minimum absolute atomic E-state index is 0.0944. The summed E-state index contributed by atoms with van der Waals surface area (Å²) >= 11 is 1.37. The molecule has 6 nitrogen and oxygen atoms in total. The van der Waals surface area contributed by atoms with Crippen LogP contribution >= 0.6 is 11.3 Å². The summed E-state index contributed by atoms with van der Waals surface area (Å²) in [5.74, 6) is 0.238. The fraction of sp³-hybridized carbons (Fsp3) is 0.692. The van der Waals surface area contributed by atoms with E-state index in [0.29, 0.717) is 10.7 Å². The molecule has 0 radical (unpaired) electrons. The molecule has 1 saturated heterocycles. The van der Waals surface area contributed by atoms with Gasteiger partial charge >= 0.3 is 0 Å². The zero-order valence-electron chi connectivity index (χ0n) is 12.1. The molecule has 1 aliphatic heterocycles. The van der Waals surface area contributed by atoms with Gasteiger partial charge in [-0.3, -0.25) is 4.79 Å². The van der Waals surface area contributed by atoms with Crippen molar-refractivity contribution in [3.05, 3.63) is 4.88 Å². The number of nitrogen functional groups attached to an aromatic ring is 1. The Bertz CT molecular complexity index is 456. The Morgan fingerprint density at radius 3 is 2.90 bits per heavy atom. The van der Waals surface area contributed by atoms with Crippen LogP contribution < -0.4 is 21.3 Å². The van der Waals surface area contributed by atoms with Crippen molar-refractivity contribution < 1.29 is 4.79 Å².